The van der Waals surface area contributed by atoms with Gasteiger partial charge >= 0.3 is 5.30 Å². The largest absolute Gasteiger partial charge is 0.460 e. The highest BCUT2D eigenvalue weighted by Gasteiger charge is 2.06. The molecule has 0 spiro atoms. The standard InChI is InChI=1S/C6H13NO2S/c1-4-7(5-2)10-6(8)9-3/h4-5H2,1-3H3. The van der Waals surface area contributed by atoms with Crippen molar-refractivity contribution in [3.05, 3.63) is 0 Å². The third-order valence-corrected chi connectivity index (χ3v) is 2.17. The van der Waals surface area contributed by atoms with E-state index in [1.165, 1.54) is 7.11 Å². The van der Waals surface area contributed by atoms with E-state index < -0.39 is 0 Å². The van der Waals surface area contributed by atoms with Crippen LogP contribution in [0.2, 0.25) is 0 Å². The molecule has 3 nitrogen and oxygen atoms in total. The second kappa shape index (κ2) is 5.56. The second-order valence-corrected chi connectivity index (χ2v) is 2.69. The summed E-state index contributed by atoms with van der Waals surface area (Å²) in [5.41, 5.74) is 0. The lowest BCUT2D eigenvalue weighted by atomic mass is 10.7. The fourth-order valence-corrected chi connectivity index (χ4v) is 1.04. The van der Waals surface area contributed by atoms with Crippen LogP contribution in [0, 0.1) is 0 Å². The molecule has 0 radical (unpaired) electrons. The number of carbonyl (C=O) groups excluding carboxylic acids is 1. The molecule has 0 heterocycles. The number of ether oxygens (including phenoxy) is 1. The smallest absolute Gasteiger partial charge is 0.382 e. The highest BCUT2D eigenvalue weighted by molar-refractivity contribution is 8.11. The van der Waals surface area contributed by atoms with Crippen molar-refractivity contribution in [3.63, 3.8) is 0 Å². The Morgan fingerprint density at radius 1 is 1.50 bits per heavy atom. The fourth-order valence-electron chi connectivity index (χ4n) is 0.495. The van der Waals surface area contributed by atoms with Crippen molar-refractivity contribution >= 4 is 17.2 Å². The van der Waals surface area contributed by atoms with Gasteiger partial charge in [-0.25, -0.2) is 9.10 Å². The van der Waals surface area contributed by atoms with Crippen LogP contribution in [0.5, 0.6) is 0 Å². The van der Waals surface area contributed by atoms with Crippen LogP contribution in [0.25, 0.3) is 0 Å². The zero-order valence-electron chi connectivity index (χ0n) is 6.59. The van der Waals surface area contributed by atoms with Gasteiger partial charge in [0, 0.05) is 25.0 Å². The summed E-state index contributed by atoms with van der Waals surface area (Å²) in [4.78, 5) is 10.6. The molecule has 0 unspecified atom stereocenters. The molecule has 4 heteroatoms. The van der Waals surface area contributed by atoms with Gasteiger partial charge in [-0.15, -0.1) is 0 Å². The molecule has 0 bridgehead atoms. The van der Waals surface area contributed by atoms with Crippen LogP contribution in [0.4, 0.5) is 4.79 Å². The summed E-state index contributed by atoms with van der Waals surface area (Å²) in [6, 6.07) is 0. The number of carbonyl (C=O) groups is 1. The molecule has 10 heavy (non-hydrogen) atoms. The van der Waals surface area contributed by atoms with Crippen LogP contribution < -0.4 is 0 Å². The number of nitrogens with zero attached hydrogens (tertiary/aromatic N) is 1. The minimum atomic E-state index is -0.247. The van der Waals surface area contributed by atoms with Gasteiger partial charge in [0.05, 0.1) is 7.11 Å². The summed E-state index contributed by atoms with van der Waals surface area (Å²) in [6.45, 7) is 5.71. The normalized spacial score (nSPS) is 10.0. The molecule has 0 aliphatic carbocycles. The molecule has 0 saturated heterocycles. The Hall–Kier alpha value is -0.220. The third kappa shape index (κ3) is 3.74. The van der Waals surface area contributed by atoms with Crippen molar-refractivity contribution in [2.24, 2.45) is 0 Å². The molecule has 0 atom stereocenters. The molecule has 0 fully saturated rings. The SMILES string of the molecule is CCN(CC)SC(=O)OC. The monoisotopic (exact) mass is 163 g/mol. The molecule has 60 valence electrons. The van der Waals surface area contributed by atoms with E-state index in [2.05, 4.69) is 4.74 Å². The summed E-state index contributed by atoms with van der Waals surface area (Å²) in [7, 11) is 1.39. The first-order chi connectivity index (χ1) is 4.74. The minimum absolute atomic E-state index is 0.247. The van der Waals surface area contributed by atoms with Gasteiger partial charge in [0.25, 0.3) is 0 Å². The van der Waals surface area contributed by atoms with E-state index in [1.807, 2.05) is 18.2 Å². The second-order valence-electron chi connectivity index (χ2n) is 1.66. The molecule has 0 aromatic heterocycles. The minimum Gasteiger partial charge on any atom is -0.460 e. The van der Waals surface area contributed by atoms with E-state index in [9.17, 15) is 4.79 Å². The van der Waals surface area contributed by atoms with Crippen LogP contribution in [0.3, 0.4) is 0 Å². The van der Waals surface area contributed by atoms with E-state index in [-0.39, 0.29) is 5.30 Å². The molecule has 0 aliphatic rings. The maximum atomic E-state index is 10.6. The molecule has 0 rings (SSSR count). The molecule has 0 saturated carbocycles. The van der Waals surface area contributed by atoms with Gasteiger partial charge in [0.1, 0.15) is 0 Å². The zero-order chi connectivity index (χ0) is 7.98. The molecule has 0 aliphatic heterocycles. The van der Waals surface area contributed by atoms with Crippen molar-refractivity contribution in [2.45, 2.75) is 13.8 Å². The topological polar surface area (TPSA) is 29.5 Å². The van der Waals surface area contributed by atoms with Crippen molar-refractivity contribution in [1.82, 2.24) is 4.31 Å². The first-order valence-electron chi connectivity index (χ1n) is 3.25. The fraction of sp³-hybridized carbons (Fsp3) is 0.833. The lowest BCUT2D eigenvalue weighted by Crippen LogP contribution is -2.16. The number of hydrogen-bond acceptors (Lipinski definition) is 4. The van der Waals surface area contributed by atoms with Gasteiger partial charge in [0.2, 0.25) is 0 Å². The Morgan fingerprint density at radius 2 is 2.00 bits per heavy atom. The van der Waals surface area contributed by atoms with Gasteiger partial charge in [-0.2, -0.15) is 0 Å². The van der Waals surface area contributed by atoms with Gasteiger partial charge in [-0.1, -0.05) is 13.8 Å². The van der Waals surface area contributed by atoms with Crippen molar-refractivity contribution in [2.75, 3.05) is 20.2 Å². The van der Waals surface area contributed by atoms with E-state index in [4.69, 9.17) is 0 Å². The maximum Gasteiger partial charge on any atom is 0.382 e. The zero-order valence-corrected chi connectivity index (χ0v) is 7.40. The molecule has 0 N–H and O–H groups in total. The summed E-state index contributed by atoms with van der Waals surface area (Å²) in [5, 5.41) is -0.247. The lowest BCUT2D eigenvalue weighted by Gasteiger charge is -2.13. The molecule has 0 aromatic rings. The van der Waals surface area contributed by atoms with E-state index >= 15 is 0 Å². The summed E-state index contributed by atoms with van der Waals surface area (Å²) >= 11 is 1.12. The molecular weight excluding hydrogens is 150 g/mol. The predicted octanol–water partition coefficient (Wildman–Crippen LogP) is 1.74. The summed E-state index contributed by atoms with van der Waals surface area (Å²) < 4.78 is 6.39. The third-order valence-electron chi connectivity index (χ3n) is 1.08. The van der Waals surface area contributed by atoms with Crippen molar-refractivity contribution in [1.29, 1.82) is 0 Å². The molecule has 0 amide bonds. The van der Waals surface area contributed by atoms with Gasteiger partial charge < -0.3 is 4.74 Å². The van der Waals surface area contributed by atoms with Gasteiger partial charge in [-0.05, 0) is 0 Å². The number of methoxy groups -OCH3 is 1. The van der Waals surface area contributed by atoms with Crippen LogP contribution in [0.15, 0.2) is 0 Å². The quantitative estimate of drug-likeness (QED) is 0.468. The number of rotatable bonds is 3. The first-order valence-corrected chi connectivity index (χ1v) is 4.02. The highest BCUT2D eigenvalue weighted by atomic mass is 32.2. The Morgan fingerprint density at radius 3 is 2.30 bits per heavy atom. The Bertz CT molecular complexity index is 104. The summed E-state index contributed by atoms with van der Waals surface area (Å²) in [5.74, 6) is 0. The van der Waals surface area contributed by atoms with Crippen LogP contribution in [-0.4, -0.2) is 29.8 Å². The van der Waals surface area contributed by atoms with E-state index in [1.54, 1.807) is 0 Å². The van der Waals surface area contributed by atoms with Crippen molar-refractivity contribution in [3.8, 4) is 0 Å². The lowest BCUT2D eigenvalue weighted by molar-refractivity contribution is 0.199. The average Bonchev–Trinajstić information content (AvgIpc) is 1.99. The van der Waals surface area contributed by atoms with Gasteiger partial charge in [0.15, 0.2) is 0 Å². The molecular formula is C6H13NO2S. The number of hydrogen-bond donors (Lipinski definition) is 0. The summed E-state index contributed by atoms with van der Waals surface area (Å²) in [6.07, 6.45) is 0. The Kier molecular flexibility index (Phi) is 5.43. The van der Waals surface area contributed by atoms with E-state index in [0.29, 0.717) is 0 Å². The van der Waals surface area contributed by atoms with Crippen LogP contribution in [0.1, 0.15) is 13.8 Å². The first kappa shape index (κ1) is 9.78. The van der Waals surface area contributed by atoms with Crippen LogP contribution >= 0.6 is 11.9 Å². The Labute approximate surface area is 65.9 Å². The van der Waals surface area contributed by atoms with E-state index in [0.717, 1.165) is 25.0 Å². The predicted molar refractivity (Wildman–Crippen MR) is 42.9 cm³/mol. The van der Waals surface area contributed by atoms with Crippen molar-refractivity contribution < 1.29 is 9.53 Å². The Balaban J connectivity index is 3.52. The van der Waals surface area contributed by atoms with Crippen LogP contribution in [-0.2, 0) is 4.74 Å². The average molecular weight is 163 g/mol. The molecule has 0 aromatic carbocycles. The van der Waals surface area contributed by atoms with Gasteiger partial charge in [-0.3, -0.25) is 0 Å². The maximum absolute atomic E-state index is 10.6. The highest BCUT2D eigenvalue weighted by Crippen LogP contribution is 2.10.